The van der Waals surface area contributed by atoms with Crippen LogP contribution in [0.1, 0.15) is 25.3 Å². The van der Waals surface area contributed by atoms with Gasteiger partial charge in [0.05, 0.1) is 4.90 Å². The standard InChI is InChI=1S/C13H20BrNO3S/c1-3-8-18-9-4-7-15-19(16,17)13-10-12(14)6-5-11(13)2/h5-6,10,15H,3-4,7-9H2,1-2H3. The highest BCUT2D eigenvalue weighted by Crippen LogP contribution is 2.20. The third-order valence-corrected chi connectivity index (χ3v) is 4.64. The minimum Gasteiger partial charge on any atom is -0.381 e. The SMILES string of the molecule is CCCOCCCNS(=O)(=O)c1cc(Br)ccc1C. The van der Waals surface area contributed by atoms with Crippen molar-refractivity contribution in [3.8, 4) is 0 Å². The number of hydrogen-bond acceptors (Lipinski definition) is 3. The molecule has 0 fully saturated rings. The molecule has 0 aliphatic carbocycles. The van der Waals surface area contributed by atoms with E-state index in [1.54, 1.807) is 19.1 Å². The van der Waals surface area contributed by atoms with Crippen molar-refractivity contribution in [2.75, 3.05) is 19.8 Å². The molecule has 108 valence electrons. The molecule has 6 heteroatoms. The molecule has 0 spiro atoms. The minimum absolute atomic E-state index is 0.316. The van der Waals surface area contributed by atoms with Gasteiger partial charge in [-0.15, -0.1) is 0 Å². The molecule has 1 rings (SSSR count). The van der Waals surface area contributed by atoms with Gasteiger partial charge in [-0.2, -0.15) is 0 Å². The monoisotopic (exact) mass is 349 g/mol. The summed E-state index contributed by atoms with van der Waals surface area (Å²) in [6, 6.07) is 5.22. The van der Waals surface area contributed by atoms with E-state index in [-0.39, 0.29) is 0 Å². The second kappa shape index (κ2) is 7.99. The van der Waals surface area contributed by atoms with Crippen LogP contribution in [0.3, 0.4) is 0 Å². The fourth-order valence-corrected chi connectivity index (χ4v) is 3.42. The van der Waals surface area contributed by atoms with Crippen LogP contribution >= 0.6 is 15.9 Å². The Morgan fingerprint density at radius 3 is 2.74 bits per heavy atom. The Labute approximate surface area is 123 Å². The normalized spacial score (nSPS) is 11.7. The summed E-state index contributed by atoms with van der Waals surface area (Å²) in [7, 11) is -3.44. The molecule has 0 unspecified atom stereocenters. The van der Waals surface area contributed by atoms with Gasteiger partial charge in [-0.3, -0.25) is 0 Å². The van der Waals surface area contributed by atoms with Crippen LogP contribution in [0.4, 0.5) is 0 Å². The van der Waals surface area contributed by atoms with Gasteiger partial charge < -0.3 is 4.74 Å². The summed E-state index contributed by atoms with van der Waals surface area (Å²) in [5, 5.41) is 0. The molecular formula is C13H20BrNO3S. The van der Waals surface area contributed by atoms with Crippen molar-refractivity contribution in [2.24, 2.45) is 0 Å². The summed E-state index contributed by atoms with van der Waals surface area (Å²) in [6.07, 6.45) is 1.65. The second-order valence-electron chi connectivity index (χ2n) is 4.27. The van der Waals surface area contributed by atoms with Gasteiger partial charge in [0.25, 0.3) is 0 Å². The quantitative estimate of drug-likeness (QED) is 0.734. The molecule has 1 aromatic rings. The van der Waals surface area contributed by atoms with Gasteiger partial charge in [-0.05, 0) is 37.5 Å². The topological polar surface area (TPSA) is 55.4 Å². The molecule has 0 saturated heterocycles. The van der Waals surface area contributed by atoms with Gasteiger partial charge in [-0.1, -0.05) is 28.9 Å². The Balaban J connectivity index is 2.54. The Kier molecular flexibility index (Phi) is 6.99. The van der Waals surface area contributed by atoms with E-state index in [0.717, 1.165) is 23.1 Å². The first-order chi connectivity index (χ1) is 8.97. The third kappa shape index (κ3) is 5.60. The molecule has 0 radical (unpaired) electrons. The Hall–Kier alpha value is -0.430. The molecule has 1 N–H and O–H groups in total. The highest BCUT2D eigenvalue weighted by atomic mass is 79.9. The first-order valence-electron chi connectivity index (χ1n) is 6.31. The summed E-state index contributed by atoms with van der Waals surface area (Å²) in [5.74, 6) is 0. The largest absolute Gasteiger partial charge is 0.381 e. The summed E-state index contributed by atoms with van der Waals surface area (Å²) in [5.41, 5.74) is 0.734. The van der Waals surface area contributed by atoms with Gasteiger partial charge in [0.1, 0.15) is 0 Å². The Morgan fingerprint density at radius 1 is 1.32 bits per heavy atom. The second-order valence-corrected chi connectivity index (χ2v) is 6.92. The molecule has 0 bridgehead atoms. The predicted molar refractivity (Wildman–Crippen MR) is 79.8 cm³/mol. The maximum atomic E-state index is 12.1. The van der Waals surface area contributed by atoms with Crippen LogP contribution in [0.5, 0.6) is 0 Å². The number of ether oxygens (including phenoxy) is 1. The minimum atomic E-state index is -3.44. The van der Waals surface area contributed by atoms with E-state index in [0.29, 0.717) is 24.5 Å². The van der Waals surface area contributed by atoms with Gasteiger partial charge >= 0.3 is 0 Å². The summed E-state index contributed by atoms with van der Waals surface area (Å²) in [6.45, 7) is 5.51. The lowest BCUT2D eigenvalue weighted by molar-refractivity contribution is 0.133. The van der Waals surface area contributed by atoms with E-state index in [1.165, 1.54) is 0 Å². The molecule has 1 aromatic carbocycles. The molecule has 0 heterocycles. The molecule has 4 nitrogen and oxygen atoms in total. The Bertz CT molecular complexity index is 503. The number of aryl methyl sites for hydroxylation is 1. The molecule has 19 heavy (non-hydrogen) atoms. The molecule has 0 atom stereocenters. The van der Waals surface area contributed by atoms with Gasteiger partial charge in [0, 0.05) is 24.2 Å². The van der Waals surface area contributed by atoms with Crippen molar-refractivity contribution in [1.82, 2.24) is 4.72 Å². The third-order valence-electron chi connectivity index (χ3n) is 2.55. The number of benzene rings is 1. The van der Waals surface area contributed by atoms with E-state index in [9.17, 15) is 8.42 Å². The summed E-state index contributed by atoms with van der Waals surface area (Å²) < 4.78 is 32.9. The number of nitrogens with one attached hydrogen (secondary N) is 1. The van der Waals surface area contributed by atoms with E-state index >= 15 is 0 Å². The smallest absolute Gasteiger partial charge is 0.240 e. The maximum absolute atomic E-state index is 12.1. The average Bonchev–Trinajstić information content (AvgIpc) is 2.36. The zero-order chi connectivity index (χ0) is 14.3. The van der Waals surface area contributed by atoms with E-state index in [1.807, 2.05) is 13.0 Å². The van der Waals surface area contributed by atoms with Crippen molar-refractivity contribution in [2.45, 2.75) is 31.6 Å². The molecule has 0 aliphatic rings. The molecule has 0 aromatic heterocycles. The average molecular weight is 350 g/mol. The molecular weight excluding hydrogens is 330 g/mol. The van der Waals surface area contributed by atoms with Crippen LogP contribution in [0.25, 0.3) is 0 Å². The van der Waals surface area contributed by atoms with Crippen molar-refractivity contribution < 1.29 is 13.2 Å². The first kappa shape index (κ1) is 16.6. The lowest BCUT2D eigenvalue weighted by Gasteiger charge is -2.09. The summed E-state index contributed by atoms with van der Waals surface area (Å²) in [4.78, 5) is 0.316. The number of hydrogen-bond donors (Lipinski definition) is 1. The first-order valence-corrected chi connectivity index (χ1v) is 8.58. The van der Waals surface area contributed by atoms with Crippen LogP contribution in [0.15, 0.2) is 27.6 Å². The van der Waals surface area contributed by atoms with Crippen LogP contribution < -0.4 is 4.72 Å². The highest BCUT2D eigenvalue weighted by Gasteiger charge is 2.16. The van der Waals surface area contributed by atoms with Gasteiger partial charge in [0.15, 0.2) is 0 Å². The van der Waals surface area contributed by atoms with Crippen molar-refractivity contribution in [3.63, 3.8) is 0 Å². The Morgan fingerprint density at radius 2 is 2.05 bits per heavy atom. The van der Waals surface area contributed by atoms with Crippen LogP contribution in [-0.2, 0) is 14.8 Å². The highest BCUT2D eigenvalue weighted by molar-refractivity contribution is 9.10. The number of rotatable bonds is 8. The van der Waals surface area contributed by atoms with Crippen LogP contribution in [-0.4, -0.2) is 28.2 Å². The molecule has 0 saturated carbocycles. The fraction of sp³-hybridized carbons (Fsp3) is 0.538. The zero-order valence-electron chi connectivity index (χ0n) is 11.3. The van der Waals surface area contributed by atoms with E-state index in [4.69, 9.17) is 4.74 Å². The van der Waals surface area contributed by atoms with Crippen molar-refractivity contribution >= 4 is 26.0 Å². The fourth-order valence-electron chi connectivity index (χ4n) is 1.57. The predicted octanol–water partition coefficient (Wildman–Crippen LogP) is 2.85. The zero-order valence-corrected chi connectivity index (χ0v) is 13.7. The molecule has 0 amide bonds. The molecule has 0 aliphatic heterocycles. The van der Waals surface area contributed by atoms with E-state index in [2.05, 4.69) is 20.7 Å². The maximum Gasteiger partial charge on any atom is 0.240 e. The van der Waals surface area contributed by atoms with Crippen LogP contribution in [0, 0.1) is 6.92 Å². The lowest BCUT2D eigenvalue weighted by atomic mass is 10.2. The van der Waals surface area contributed by atoms with Crippen LogP contribution in [0.2, 0.25) is 0 Å². The van der Waals surface area contributed by atoms with Gasteiger partial charge in [-0.25, -0.2) is 13.1 Å². The lowest BCUT2D eigenvalue weighted by Crippen LogP contribution is -2.26. The number of halogens is 1. The van der Waals surface area contributed by atoms with E-state index < -0.39 is 10.0 Å². The number of sulfonamides is 1. The van der Waals surface area contributed by atoms with Gasteiger partial charge in [0.2, 0.25) is 10.0 Å². The van der Waals surface area contributed by atoms with Crippen molar-refractivity contribution in [3.05, 3.63) is 28.2 Å². The summed E-state index contributed by atoms with van der Waals surface area (Å²) >= 11 is 3.29. The van der Waals surface area contributed by atoms with Crippen molar-refractivity contribution in [1.29, 1.82) is 0 Å².